The molecule has 3 heterocycles. The summed E-state index contributed by atoms with van der Waals surface area (Å²) >= 11 is 0. The normalized spacial score (nSPS) is 15.9. The van der Waals surface area contributed by atoms with Crippen LogP contribution in [0, 0.1) is 5.92 Å². The van der Waals surface area contributed by atoms with Crippen molar-refractivity contribution in [2.24, 2.45) is 5.92 Å². The molecular weight excluding hydrogens is 466 g/mol. The predicted octanol–water partition coefficient (Wildman–Crippen LogP) is 5.98. The van der Waals surface area contributed by atoms with Crippen LogP contribution in [0.25, 0.3) is 11.3 Å². The smallest absolute Gasteiger partial charge is 0.273 e. The minimum atomic E-state index is -0.299. The highest BCUT2D eigenvalue weighted by Gasteiger charge is 2.42. The van der Waals surface area contributed by atoms with Crippen molar-refractivity contribution in [2.75, 3.05) is 13.4 Å². The van der Waals surface area contributed by atoms with Crippen LogP contribution in [0.3, 0.4) is 0 Å². The first-order valence-electron chi connectivity index (χ1n) is 12.6. The van der Waals surface area contributed by atoms with Crippen molar-refractivity contribution in [1.82, 2.24) is 15.1 Å². The fourth-order valence-corrected chi connectivity index (χ4v) is 4.92. The first-order valence-corrected chi connectivity index (χ1v) is 12.6. The Morgan fingerprint density at radius 1 is 1.03 bits per heavy atom. The van der Waals surface area contributed by atoms with Crippen molar-refractivity contribution >= 4 is 5.91 Å². The number of carbonyl (C=O) groups excluding carboxylic acids is 1. The second-order valence-electron chi connectivity index (χ2n) is 9.85. The van der Waals surface area contributed by atoms with Crippen LogP contribution in [0.4, 0.5) is 0 Å². The zero-order chi connectivity index (χ0) is 25.4. The Bertz CT molecular complexity index is 1410. The molecule has 1 atom stereocenters. The van der Waals surface area contributed by atoms with Crippen LogP contribution < -0.4 is 14.2 Å². The van der Waals surface area contributed by atoms with Crippen molar-refractivity contribution in [2.45, 2.75) is 32.9 Å². The van der Waals surface area contributed by atoms with E-state index in [1.165, 1.54) is 0 Å². The van der Waals surface area contributed by atoms with E-state index in [4.69, 9.17) is 14.2 Å². The number of carbonyl (C=O) groups is 1. The van der Waals surface area contributed by atoms with Gasteiger partial charge in [0.1, 0.15) is 11.4 Å². The van der Waals surface area contributed by atoms with Crippen LogP contribution in [0.1, 0.15) is 53.5 Å². The quantitative estimate of drug-likeness (QED) is 0.326. The van der Waals surface area contributed by atoms with Gasteiger partial charge in [-0.1, -0.05) is 62.4 Å². The average Bonchev–Trinajstić information content (AvgIpc) is 3.62. The molecule has 2 aliphatic rings. The lowest BCUT2D eigenvalue weighted by Gasteiger charge is -2.27. The molecule has 1 amide bonds. The number of rotatable bonds is 8. The maximum absolute atomic E-state index is 13.7. The van der Waals surface area contributed by atoms with E-state index in [2.05, 4.69) is 24.0 Å². The molecule has 0 bridgehead atoms. The van der Waals surface area contributed by atoms with Crippen molar-refractivity contribution < 1.29 is 19.0 Å². The van der Waals surface area contributed by atoms with Gasteiger partial charge in [0.2, 0.25) is 6.79 Å². The molecule has 7 heteroatoms. The second kappa shape index (κ2) is 9.65. The van der Waals surface area contributed by atoms with Crippen LogP contribution in [0.15, 0.2) is 72.8 Å². The monoisotopic (exact) mass is 495 g/mol. The van der Waals surface area contributed by atoms with E-state index in [0.717, 1.165) is 45.9 Å². The fourth-order valence-electron chi connectivity index (χ4n) is 4.92. The fraction of sp³-hybridized carbons (Fsp3) is 0.267. The summed E-state index contributed by atoms with van der Waals surface area (Å²) < 4.78 is 17.0. The van der Waals surface area contributed by atoms with Gasteiger partial charge in [0.15, 0.2) is 11.5 Å². The average molecular weight is 496 g/mol. The zero-order valence-corrected chi connectivity index (χ0v) is 20.9. The Labute approximate surface area is 216 Å². The van der Waals surface area contributed by atoms with E-state index >= 15 is 0 Å². The molecule has 0 fully saturated rings. The van der Waals surface area contributed by atoms with E-state index in [1.807, 2.05) is 77.7 Å². The first kappa shape index (κ1) is 23.2. The summed E-state index contributed by atoms with van der Waals surface area (Å²) in [5.41, 5.74) is 5.15. The standard InChI is InChI=1S/C30H29N3O4/c1-19(2)14-15-35-23-11-9-22(10-12-23)29-26-27(21-6-4-3-5-7-21)31-32-28(26)30(34)33(29)17-20-8-13-24-25(16-20)37-18-36-24/h3-13,16,19,29H,14-15,17-18H2,1-2H3,(H,31,32). The van der Waals surface area contributed by atoms with Gasteiger partial charge < -0.3 is 19.1 Å². The molecule has 0 saturated carbocycles. The van der Waals surface area contributed by atoms with Gasteiger partial charge in [-0.15, -0.1) is 0 Å². The molecule has 1 unspecified atom stereocenters. The van der Waals surface area contributed by atoms with Gasteiger partial charge in [0.05, 0.1) is 18.3 Å². The molecule has 37 heavy (non-hydrogen) atoms. The molecule has 0 saturated heterocycles. The van der Waals surface area contributed by atoms with Crippen LogP contribution in [0.5, 0.6) is 17.2 Å². The van der Waals surface area contributed by atoms with Gasteiger partial charge in [-0.3, -0.25) is 9.89 Å². The number of nitrogens with zero attached hydrogens (tertiary/aromatic N) is 2. The number of amides is 1. The third-order valence-corrected chi connectivity index (χ3v) is 6.86. The molecule has 1 N–H and O–H groups in total. The SMILES string of the molecule is CC(C)CCOc1ccc(C2c3c(-c4ccccc4)n[nH]c3C(=O)N2Cc2ccc3c(c2)OCO3)cc1. The van der Waals surface area contributed by atoms with E-state index < -0.39 is 0 Å². The summed E-state index contributed by atoms with van der Waals surface area (Å²) in [6, 6.07) is 23.6. The number of hydrogen-bond acceptors (Lipinski definition) is 5. The highest BCUT2D eigenvalue weighted by Crippen LogP contribution is 2.44. The molecular formula is C30H29N3O4. The number of aromatic nitrogens is 2. The second-order valence-corrected chi connectivity index (χ2v) is 9.85. The number of fused-ring (bicyclic) bond motifs is 2. The Balaban J connectivity index is 1.36. The number of aromatic amines is 1. The molecule has 0 aliphatic carbocycles. The summed E-state index contributed by atoms with van der Waals surface area (Å²) in [6.45, 7) is 5.69. The van der Waals surface area contributed by atoms with Crippen LogP contribution in [0.2, 0.25) is 0 Å². The summed E-state index contributed by atoms with van der Waals surface area (Å²) in [7, 11) is 0. The van der Waals surface area contributed by atoms with Crippen LogP contribution >= 0.6 is 0 Å². The third kappa shape index (κ3) is 4.42. The Morgan fingerprint density at radius 2 is 1.81 bits per heavy atom. The number of benzene rings is 3. The molecule has 0 radical (unpaired) electrons. The Morgan fingerprint density at radius 3 is 2.59 bits per heavy atom. The van der Waals surface area contributed by atoms with Crippen LogP contribution in [-0.2, 0) is 6.54 Å². The molecule has 3 aromatic carbocycles. The van der Waals surface area contributed by atoms with Crippen molar-refractivity contribution in [3.8, 4) is 28.5 Å². The summed E-state index contributed by atoms with van der Waals surface area (Å²) in [5.74, 6) is 2.76. The highest BCUT2D eigenvalue weighted by molar-refractivity contribution is 6.00. The predicted molar refractivity (Wildman–Crippen MR) is 140 cm³/mol. The lowest BCUT2D eigenvalue weighted by Crippen LogP contribution is -2.29. The van der Waals surface area contributed by atoms with E-state index in [0.29, 0.717) is 30.5 Å². The molecule has 0 spiro atoms. The summed E-state index contributed by atoms with van der Waals surface area (Å²) in [5, 5.41) is 7.59. The number of ether oxygens (including phenoxy) is 3. The first-order chi connectivity index (χ1) is 18.1. The minimum Gasteiger partial charge on any atom is -0.494 e. The van der Waals surface area contributed by atoms with Crippen LogP contribution in [-0.4, -0.2) is 34.4 Å². The van der Waals surface area contributed by atoms with E-state index in [-0.39, 0.29) is 18.7 Å². The van der Waals surface area contributed by atoms with E-state index in [9.17, 15) is 4.79 Å². The molecule has 188 valence electrons. The highest BCUT2D eigenvalue weighted by atomic mass is 16.7. The zero-order valence-electron chi connectivity index (χ0n) is 20.9. The summed E-state index contributed by atoms with van der Waals surface area (Å²) in [6.07, 6.45) is 1.00. The maximum atomic E-state index is 13.7. The molecule has 1 aromatic heterocycles. The Hall–Kier alpha value is -4.26. The van der Waals surface area contributed by atoms with Gasteiger partial charge >= 0.3 is 0 Å². The largest absolute Gasteiger partial charge is 0.494 e. The van der Waals surface area contributed by atoms with Crippen molar-refractivity contribution in [3.05, 3.63) is 95.2 Å². The molecule has 7 nitrogen and oxygen atoms in total. The maximum Gasteiger partial charge on any atom is 0.273 e. The third-order valence-electron chi connectivity index (χ3n) is 6.86. The number of hydrogen-bond donors (Lipinski definition) is 1. The van der Waals surface area contributed by atoms with Gasteiger partial charge in [-0.25, -0.2) is 0 Å². The molecule has 2 aliphatic heterocycles. The molecule has 4 aromatic rings. The number of H-pyrrole nitrogens is 1. The lowest BCUT2D eigenvalue weighted by molar-refractivity contribution is 0.0730. The lowest BCUT2D eigenvalue weighted by atomic mass is 9.96. The van der Waals surface area contributed by atoms with Gasteiger partial charge in [-0.2, -0.15) is 5.10 Å². The van der Waals surface area contributed by atoms with Gasteiger partial charge in [0, 0.05) is 17.7 Å². The summed E-state index contributed by atoms with van der Waals surface area (Å²) in [4.78, 5) is 15.6. The van der Waals surface area contributed by atoms with E-state index in [1.54, 1.807) is 0 Å². The minimum absolute atomic E-state index is 0.0791. The van der Waals surface area contributed by atoms with Gasteiger partial charge in [0.25, 0.3) is 5.91 Å². The molecule has 6 rings (SSSR count). The Kier molecular flexibility index (Phi) is 6.04. The topological polar surface area (TPSA) is 76.7 Å². The van der Waals surface area contributed by atoms with Gasteiger partial charge in [-0.05, 0) is 47.7 Å². The van der Waals surface area contributed by atoms with Crippen molar-refractivity contribution in [1.29, 1.82) is 0 Å². The van der Waals surface area contributed by atoms with Crippen molar-refractivity contribution in [3.63, 3.8) is 0 Å². The number of nitrogens with one attached hydrogen (secondary N) is 1.